The van der Waals surface area contributed by atoms with Crippen LogP contribution in [0.2, 0.25) is 10.0 Å². The summed E-state index contributed by atoms with van der Waals surface area (Å²) in [5.41, 5.74) is 7.03. The van der Waals surface area contributed by atoms with Crippen molar-refractivity contribution in [2.24, 2.45) is 0 Å². The second-order valence-corrected chi connectivity index (χ2v) is 6.28. The number of nitrogens with one attached hydrogen (secondary N) is 1. The quantitative estimate of drug-likeness (QED) is 0.839. The second-order valence-electron chi connectivity index (χ2n) is 4.24. The number of anilines is 2. The lowest BCUT2D eigenvalue weighted by atomic mass is 10.3. The Bertz CT molecular complexity index is 385. The fourth-order valence-electron chi connectivity index (χ4n) is 1.93. The van der Waals surface area contributed by atoms with Gasteiger partial charge in [0.25, 0.3) is 0 Å². The monoisotopic (exact) mass is 305 g/mol. The Morgan fingerprint density at radius 1 is 1.22 bits per heavy atom. The van der Waals surface area contributed by atoms with E-state index in [4.69, 9.17) is 28.9 Å². The molecular formula is C12H17Cl2N3S. The van der Waals surface area contributed by atoms with Crippen molar-refractivity contribution in [3.05, 3.63) is 22.2 Å². The first-order chi connectivity index (χ1) is 8.66. The van der Waals surface area contributed by atoms with E-state index in [-0.39, 0.29) is 0 Å². The summed E-state index contributed by atoms with van der Waals surface area (Å²) in [4.78, 5) is 2.45. The summed E-state index contributed by atoms with van der Waals surface area (Å²) in [6, 6.07) is 3.43. The van der Waals surface area contributed by atoms with Gasteiger partial charge in [0.15, 0.2) is 0 Å². The minimum absolute atomic E-state index is 0.578. The average Bonchev–Trinajstić information content (AvgIpc) is 2.34. The molecule has 1 heterocycles. The van der Waals surface area contributed by atoms with Gasteiger partial charge in [-0.15, -0.1) is 0 Å². The van der Waals surface area contributed by atoms with E-state index in [2.05, 4.69) is 10.2 Å². The van der Waals surface area contributed by atoms with Crippen LogP contribution in [-0.4, -0.2) is 42.6 Å². The third-order valence-corrected chi connectivity index (χ3v) is 4.44. The molecule has 1 aromatic rings. The van der Waals surface area contributed by atoms with Gasteiger partial charge in [-0.2, -0.15) is 11.8 Å². The molecule has 0 amide bonds. The van der Waals surface area contributed by atoms with Crippen LogP contribution in [0.1, 0.15) is 0 Å². The number of hydrogen-bond acceptors (Lipinski definition) is 4. The van der Waals surface area contributed by atoms with Crippen LogP contribution in [0, 0.1) is 0 Å². The summed E-state index contributed by atoms with van der Waals surface area (Å²) < 4.78 is 0. The Hall–Kier alpha value is -0.290. The molecule has 0 bridgehead atoms. The predicted molar refractivity (Wildman–Crippen MR) is 83.1 cm³/mol. The van der Waals surface area contributed by atoms with Gasteiger partial charge in [0.1, 0.15) is 0 Å². The Kier molecular flexibility index (Phi) is 5.30. The largest absolute Gasteiger partial charge is 0.399 e. The number of benzene rings is 1. The maximum absolute atomic E-state index is 6.11. The van der Waals surface area contributed by atoms with Gasteiger partial charge in [0, 0.05) is 43.4 Å². The molecule has 1 aliphatic heterocycles. The van der Waals surface area contributed by atoms with E-state index < -0.39 is 0 Å². The van der Waals surface area contributed by atoms with Crippen molar-refractivity contribution in [1.82, 2.24) is 4.90 Å². The molecule has 1 aromatic carbocycles. The lowest BCUT2D eigenvalue weighted by molar-refractivity contribution is 0.314. The molecule has 0 aromatic heterocycles. The Balaban J connectivity index is 1.86. The average molecular weight is 306 g/mol. The van der Waals surface area contributed by atoms with Crippen molar-refractivity contribution in [2.75, 3.05) is 48.7 Å². The lowest BCUT2D eigenvalue weighted by Gasteiger charge is -2.26. The van der Waals surface area contributed by atoms with Crippen LogP contribution < -0.4 is 11.1 Å². The van der Waals surface area contributed by atoms with Gasteiger partial charge in [-0.3, -0.25) is 4.90 Å². The summed E-state index contributed by atoms with van der Waals surface area (Å²) in [5, 5.41) is 4.44. The molecule has 3 nitrogen and oxygen atoms in total. The highest BCUT2D eigenvalue weighted by Crippen LogP contribution is 2.32. The lowest BCUT2D eigenvalue weighted by Crippen LogP contribution is -2.36. The Labute approximate surface area is 122 Å². The molecule has 3 N–H and O–H groups in total. The van der Waals surface area contributed by atoms with E-state index in [0.717, 1.165) is 31.9 Å². The topological polar surface area (TPSA) is 41.3 Å². The highest BCUT2D eigenvalue weighted by molar-refractivity contribution is 7.99. The van der Waals surface area contributed by atoms with Crippen LogP contribution in [-0.2, 0) is 0 Å². The first kappa shape index (κ1) is 14.1. The zero-order valence-corrected chi connectivity index (χ0v) is 12.4. The molecular weight excluding hydrogens is 289 g/mol. The molecule has 0 radical (unpaired) electrons. The van der Waals surface area contributed by atoms with Gasteiger partial charge in [-0.1, -0.05) is 23.2 Å². The number of halogens is 2. The number of thioether (sulfide) groups is 1. The van der Waals surface area contributed by atoms with Crippen molar-refractivity contribution >= 4 is 46.3 Å². The zero-order valence-electron chi connectivity index (χ0n) is 10.1. The van der Waals surface area contributed by atoms with Crippen LogP contribution >= 0.6 is 35.0 Å². The summed E-state index contributed by atoms with van der Waals surface area (Å²) in [6.07, 6.45) is 0. The fourth-order valence-corrected chi connectivity index (χ4v) is 3.54. The summed E-state index contributed by atoms with van der Waals surface area (Å²) >= 11 is 14.2. The standard InChI is InChI=1S/C12H17Cl2N3S/c13-10-7-9(15)8-11(14)12(10)16-1-2-17-3-5-18-6-4-17/h7-8,16H,1-6,15H2. The zero-order chi connectivity index (χ0) is 13.0. The van der Waals surface area contributed by atoms with Gasteiger partial charge in [-0.05, 0) is 12.1 Å². The molecule has 1 aliphatic rings. The molecule has 0 atom stereocenters. The van der Waals surface area contributed by atoms with Crippen LogP contribution in [0.15, 0.2) is 12.1 Å². The van der Waals surface area contributed by atoms with Crippen LogP contribution in [0.25, 0.3) is 0 Å². The van der Waals surface area contributed by atoms with Gasteiger partial charge < -0.3 is 11.1 Å². The maximum atomic E-state index is 6.11. The molecule has 1 saturated heterocycles. The van der Waals surface area contributed by atoms with Gasteiger partial charge in [-0.25, -0.2) is 0 Å². The van der Waals surface area contributed by atoms with Crippen molar-refractivity contribution in [3.8, 4) is 0 Å². The third-order valence-electron chi connectivity index (χ3n) is 2.90. The molecule has 0 spiro atoms. The number of rotatable bonds is 4. The summed E-state index contributed by atoms with van der Waals surface area (Å²) in [7, 11) is 0. The van der Waals surface area contributed by atoms with E-state index in [1.165, 1.54) is 11.5 Å². The molecule has 1 fully saturated rings. The number of nitrogens with two attached hydrogens (primary N) is 1. The molecule has 0 saturated carbocycles. The molecule has 0 unspecified atom stereocenters. The fraction of sp³-hybridized carbons (Fsp3) is 0.500. The van der Waals surface area contributed by atoms with E-state index in [9.17, 15) is 0 Å². The smallest absolute Gasteiger partial charge is 0.0720 e. The van der Waals surface area contributed by atoms with Crippen molar-refractivity contribution in [3.63, 3.8) is 0 Å². The number of hydrogen-bond donors (Lipinski definition) is 2. The van der Waals surface area contributed by atoms with E-state index in [0.29, 0.717) is 15.7 Å². The van der Waals surface area contributed by atoms with E-state index in [1.54, 1.807) is 12.1 Å². The van der Waals surface area contributed by atoms with Crippen LogP contribution in [0.4, 0.5) is 11.4 Å². The van der Waals surface area contributed by atoms with Gasteiger partial charge in [0.05, 0.1) is 15.7 Å². The first-order valence-electron chi connectivity index (χ1n) is 5.95. The van der Waals surface area contributed by atoms with E-state index in [1.807, 2.05) is 11.8 Å². The van der Waals surface area contributed by atoms with Crippen LogP contribution in [0.3, 0.4) is 0 Å². The molecule has 0 aliphatic carbocycles. The van der Waals surface area contributed by atoms with Crippen molar-refractivity contribution in [2.45, 2.75) is 0 Å². The van der Waals surface area contributed by atoms with E-state index >= 15 is 0 Å². The normalized spacial score (nSPS) is 16.8. The number of nitrogens with zero attached hydrogens (tertiary/aromatic N) is 1. The number of nitrogen functional groups attached to an aromatic ring is 1. The van der Waals surface area contributed by atoms with Crippen LogP contribution in [0.5, 0.6) is 0 Å². The predicted octanol–water partition coefficient (Wildman–Crippen LogP) is 3.04. The van der Waals surface area contributed by atoms with Gasteiger partial charge >= 0.3 is 0 Å². The van der Waals surface area contributed by atoms with Crippen molar-refractivity contribution < 1.29 is 0 Å². The summed E-state index contributed by atoms with van der Waals surface area (Å²) in [5.74, 6) is 2.45. The third kappa shape index (κ3) is 3.85. The summed E-state index contributed by atoms with van der Waals surface area (Å²) in [6.45, 7) is 4.18. The maximum Gasteiger partial charge on any atom is 0.0720 e. The Morgan fingerprint density at radius 3 is 2.44 bits per heavy atom. The van der Waals surface area contributed by atoms with Gasteiger partial charge in [0.2, 0.25) is 0 Å². The second kappa shape index (κ2) is 6.75. The first-order valence-corrected chi connectivity index (χ1v) is 7.86. The molecule has 2 rings (SSSR count). The highest BCUT2D eigenvalue weighted by atomic mass is 35.5. The Morgan fingerprint density at radius 2 is 1.83 bits per heavy atom. The molecule has 100 valence electrons. The molecule has 6 heteroatoms. The SMILES string of the molecule is Nc1cc(Cl)c(NCCN2CCSCC2)c(Cl)c1. The minimum atomic E-state index is 0.578. The highest BCUT2D eigenvalue weighted by Gasteiger charge is 2.11. The minimum Gasteiger partial charge on any atom is -0.399 e. The molecule has 18 heavy (non-hydrogen) atoms. The van der Waals surface area contributed by atoms with Crippen molar-refractivity contribution in [1.29, 1.82) is 0 Å².